The molecule has 0 amide bonds. The molecule has 1 aliphatic heterocycles. The summed E-state index contributed by atoms with van der Waals surface area (Å²) in [5, 5.41) is 4.82. The van der Waals surface area contributed by atoms with Crippen LogP contribution in [0.5, 0.6) is 0 Å². The number of ether oxygens (including phenoxy) is 1. The van der Waals surface area contributed by atoms with Crippen molar-refractivity contribution in [3.05, 3.63) is 11.6 Å². The van der Waals surface area contributed by atoms with Crippen LogP contribution in [0, 0.1) is 5.92 Å². The molecule has 3 rings (SSSR count). The minimum absolute atomic E-state index is 0.159. The van der Waals surface area contributed by atoms with Crippen LogP contribution in [0.2, 0.25) is 0 Å². The van der Waals surface area contributed by atoms with Gasteiger partial charge >= 0.3 is 0 Å². The molecular weight excluding hydrogens is 312 g/mol. The number of nitrogens with zero attached hydrogens (tertiary/aromatic N) is 2. The highest BCUT2D eigenvalue weighted by Crippen LogP contribution is 2.26. The fraction of sp³-hybridized carbons (Fsp3) is 0.583. The van der Waals surface area contributed by atoms with Crippen molar-refractivity contribution in [3.63, 3.8) is 0 Å². The van der Waals surface area contributed by atoms with Gasteiger partial charge in [-0.25, -0.2) is 18.1 Å². The van der Waals surface area contributed by atoms with E-state index in [4.69, 9.17) is 4.74 Å². The normalized spacial score (nSPS) is 21.0. The fourth-order valence-electron chi connectivity index (χ4n) is 2.53. The average molecular weight is 330 g/mol. The van der Waals surface area contributed by atoms with Crippen molar-refractivity contribution < 1.29 is 13.2 Å². The molecule has 2 aromatic rings. The van der Waals surface area contributed by atoms with Gasteiger partial charge < -0.3 is 10.1 Å². The lowest BCUT2D eigenvalue weighted by Crippen LogP contribution is -2.39. The van der Waals surface area contributed by atoms with Gasteiger partial charge in [0.15, 0.2) is 15.8 Å². The second-order valence-electron chi connectivity index (χ2n) is 5.10. The molecule has 2 N–H and O–H groups in total. The minimum atomic E-state index is -3.65. The molecule has 2 atom stereocenters. The van der Waals surface area contributed by atoms with E-state index < -0.39 is 10.0 Å². The Morgan fingerprint density at radius 3 is 3.05 bits per heavy atom. The average Bonchev–Trinajstić information content (AvgIpc) is 3.13. The Labute approximate surface area is 127 Å². The van der Waals surface area contributed by atoms with Crippen LogP contribution >= 0.6 is 11.3 Å². The summed E-state index contributed by atoms with van der Waals surface area (Å²) >= 11 is 1.40. The van der Waals surface area contributed by atoms with Gasteiger partial charge in [0.05, 0.1) is 6.61 Å². The second kappa shape index (κ2) is 5.56. The Morgan fingerprint density at radius 2 is 2.38 bits per heavy atom. The van der Waals surface area contributed by atoms with Crippen LogP contribution < -0.4 is 10.0 Å². The third kappa shape index (κ3) is 2.66. The van der Waals surface area contributed by atoms with E-state index in [2.05, 4.69) is 15.0 Å². The van der Waals surface area contributed by atoms with Gasteiger partial charge in [0.2, 0.25) is 0 Å². The highest BCUT2D eigenvalue weighted by Gasteiger charge is 2.31. The van der Waals surface area contributed by atoms with Crippen molar-refractivity contribution in [1.29, 1.82) is 0 Å². The Hall–Kier alpha value is -1.16. The molecule has 21 heavy (non-hydrogen) atoms. The van der Waals surface area contributed by atoms with E-state index in [1.165, 1.54) is 11.3 Å². The Balaban J connectivity index is 1.93. The number of fused-ring (bicyclic) bond motifs is 1. The van der Waals surface area contributed by atoms with Crippen LogP contribution in [0.3, 0.4) is 0 Å². The van der Waals surface area contributed by atoms with Crippen molar-refractivity contribution in [2.45, 2.75) is 24.4 Å². The molecule has 116 valence electrons. The first-order valence-electron chi connectivity index (χ1n) is 6.76. The number of aromatic nitrogens is 2. The zero-order valence-corrected chi connectivity index (χ0v) is 13.5. The Morgan fingerprint density at radius 1 is 1.57 bits per heavy atom. The number of rotatable bonds is 5. The van der Waals surface area contributed by atoms with E-state index in [1.54, 1.807) is 17.6 Å². The maximum atomic E-state index is 12.7. The first-order valence-corrected chi connectivity index (χ1v) is 9.12. The maximum absolute atomic E-state index is 12.7. The predicted molar refractivity (Wildman–Crippen MR) is 81.3 cm³/mol. The molecule has 2 unspecified atom stereocenters. The van der Waals surface area contributed by atoms with E-state index in [9.17, 15) is 8.42 Å². The SMILES string of the molecule is CNc1nc2sccn2c1S(=O)(=O)NC(C)C1CCOC1. The molecule has 2 aromatic heterocycles. The zero-order valence-electron chi connectivity index (χ0n) is 11.9. The molecule has 1 saturated heterocycles. The summed E-state index contributed by atoms with van der Waals surface area (Å²) in [6.07, 6.45) is 2.59. The number of anilines is 1. The summed E-state index contributed by atoms with van der Waals surface area (Å²) in [5.41, 5.74) is 0. The number of thiazole rings is 1. The van der Waals surface area contributed by atoms with Crippen molar-refractivity contribution in [2.75, 3.05) is 25.6 Å². The Bertz CT molecular complexity index is 731. The summed E-state index contributed by atoms with van der Waals surface area (Å²) in [6, 6.07) is -0.175. The van der Waals surface area contributed by atoms with Crippen LogP contribution in [-0.2, 0) is 14.8 Å². The van der Waals surface area contributed by atoms with Gasteiger partial charge in [-0.05, 0) is 13.3 Å². The molecule has 0 spiro atoms. The molecule has 0 bridgehead atoms. The molecule has 0 radical (unpaired) electrons. The van der Waals surface area contributed by atoms with Gasteiger partial charge in [-0.15, -0.1) is 11.3 Å². The van der Waals surface area contributed by atoms with Crippen molar-refractivity contribution >= 4 is 32.1 Å². The lowest BCUT2D eigenvalue weighted by molar-refractivity contribution is 0.180. The number of imidazole rings is 1. The first-order chi connectivity index (χ1) is 10.0. The third-order valence-corrected chi connectivity index (χ3v) is 6.06. The van der Waals surface area contributed by atoms with Gasteiger partial charge in [0.1, 0.15) is 0 Å². The van der Waals surface area contributed by atoms with Crippen LogP contribution in [0.4, 0.5) is 5.82 Å². The quantitative estimate of drug-likeness (QED) is 0.859. The number of sulfonamides is 1. The van der Waals surface area contributed by atoms with Crippen LogP contribution in [0.15, 0.2) is 16.6 Å². The fourth-order valence-corrected chi connectivity index (χ4v) is 4.90. The van der Waals surface area contributed by atoms with Gasteiger partial charge in [0.25, 0.3) is 10.0 Å². The van der Waals surface area contributed by atoms with E-state index >= 15 is 0 Å². The van der Waals surface area contributed by atoms with Gasteiger partial charge in [-0.3, -0.25) is 4.40 Å². The molecule has 9 heteroatoms. The molecule has 1 fully saturated rings. The molecule has 1 aliphatic rings. The minimum Gasteiger partial charge on any atom is -0.381 e. The van der Waals surface area contributed by atoms with E-state index in [-0.39, 0.29) is 17.0 Å². The molecular formula is C12H18N4O3S2. The first kappa shape index (κ1) is 14.8. The van der Waals surface area contributed by atoms with E-state index in [0.29, 0.717) is 24.0 Å². The van der Waals surface area contributed by atoms with E-state index in [0.717, 1.165) is 6.42 Å². The molecule has 7 nitrogen and oxygen atoms in total. The third-order valence-electron chi connectivity index (χ3n) is 3.72. The summed E-state index contributed by atoms with van der Waals surface area (Å²) in [6.45, 7) is 3.17. The molecule has 3 heterocycles. The van der Waals surface area contributed by atoms with Crippen LogP contribution in [0.1, 0.15) is 13.3 Å². The van der Waals surface area contributed by atoms with Gasteiger partial charge in [-0.1, -0.05) is 0 Å². The Kier molecular flexibility index (Phi) is 3.91. The molecule has 0 saturated carbocycles. The van der Waals surface area contributed by atoms with E-state index in [1.807, 2.05) is 12.3 Å². The number of hydrogen-bond donors (Lipinski definition) is 2. The van der Waals surface area contributed by atoms with Gasteiger partial charge in [-0.2, -0.15) is 0 Å². The number of nitrogens with one attached hydrogen (secondary N) is 2. The highest BCUT2D eigenvalue weighted by atomic mass is 32.2. The molecule has 0 aromatic carbocycles. The lowest BCUT2D eigenvalue weighted by atomic mass is 10.0. The van der Waals surface area contributed by atoms with Crippen molar-refractivity contribution in [1.82, 2.24) is 14.1 Å². The lowest BCUT2D eigenvalue weighted by Gasteiger charge is -2.19. The van der Waals surface area contributed by atoms with Crippen molar-refractivity contribution in [3.8, 4) is 0 Å². The summed E-state index contributed by atoms with van der Waals surface area (Å²) in [5.74, 6) is 0.577. The second-order valence-corrected chi connectivity index (χ2v) is 7.61. The standard InChI is InChI=1S/C12H18N4O3S2/c1-8(9-3-5-19-7-9)15-21(17,18)11-10(13-2)14-12-16(11)4-6-20-12/h4,6,8-9,13,15H,3,5,7H2,1-2H3. The smallest absolute Gasteiger partial charge is 0.260 e. The maximum Gasteiger partial charge on any atom is 0.260 e. The van der Waals surface area contributed by atoms with Crippen LogP contribution in [-0.4, -0.2) is 44.1 Å². The number of hydrogen-bond acceptors (Lipinski definition) is 6. The highest BCUT2D eigenvalue weighted by molar-refractivity contribution is 7.89. The molecule has 0 aliphatic carbocycles. The summed E-state index contributed by atoms with van der Waals surface area (Å²) in [4.78, 5) is 4.94. The van der Waals surface area contributed by atoms with Crippen molar-refractivity contribution in [2.24, 2.45) is 5.92 Å². The predicted octanol–water partition coefficient (Wildman–Crippen LogP) is 1.14. The monoisotopic (exact) mass is 330 g/mol. The van der Waals surface area contributed by atoms with Crippen LogP contribution in [0.25, 0.3) is 4.96 Å². The summed E-state index contributed by atoms with van der Waals surface area (Å²) in [7, 11) is -1.99. The summed E-state index contributed by atoms with van der Waals surface area (Å²) < 4.78 is 35.1. The largest absolute Gasteiger partial charge is 0.381 e. The topological polar surface area (TPSA) is 84.7 Å². The van der Waals surface area contributed by atoms with Gasteiger partial charge in [0, 0.05) is 37.2 Å². The zero-order chi connectivity index (χ0) is 15.0.